The number of primary amides is 2. The van der Waals surface area contributed by atoms with Gasteiger partial charge in [0.1, 0.15) is 18.4 Å². The fourth-order valence-electron chi connectivity index (χ4n) is 1.74. The van der Waals surface area contributed by atoms with Crippen molar-refractivity contribution in [3.05, 3.63) is 0 Å². The zero-order chi connectivity index (χ0) is 22.6. The Morgan fingerprint density at radius 3 is 1.78 bits per heavy atom. The summed E-state index contributed by atoms with van der Waals surface area (Å²) >= 11 is 1.86. The van der Waals surface area contributed by atoms with E-state index in [9.17, 15) is 14.4 Å². The van der Waals surface area contributed by atoms with Gasteiger partial charge in [-0.25, -0.2) is 4.79 Å². The van der Waals surface area contributed by atoms with Gasteiger partial charge in [0, 0.05) is 13.5 Å². The Labute approximate surface area is 167 Å². The van der Waals surface area contributed by atoms with Crippen molar-refractivity contribution in [3.63, 3.8) is 0 Å². The smallest absolute Gasteiger partial charge is 0.405 e. The summed E-state index contributed by atoms with van der Waals surface area (Å²) in [4.78, 5) is 41.2. The molecular formula is C18H35N3O5S. The summed E-state index contributed by atoms with van der Waals surface area (Å²) in [5.74, 6) is 0.781. The Hall–Kier alpha value is -2.21. The van der Waals surface area contributed by atoms with Crippen molar-refractivity contribution in [2.75, 3.05) is 18.6 Å². The number of thioether (sulfide) groups is 1. The van der Waals surface area contributed by atoms with Gasteiger partial charge in [0.25, 0.3) is 0 Å². The molecular weight excluding hydrogens is 370 g/mol. The van der Waals surface area contributed by atoms with Crippen LogP contribution in [-0.4, -0.2) is 59.8 Å². The lowest BCUT2D eigenvalue weighted by atomic mass is 10.2. The van der Waals surface area contributed by atoms with Gasteiger partial charge in [0.05, 0.1) is 0 Å². The molecule has 1 fully saturated rings. The normalized spacial score (nSPS) is 14.2. The third-order valence-electron chi connectivity index (χ3n) is 2.68. The number of rotatable bonds is 2. The summed E-state index contributed by atoms with van der Waals surface area (Å²) < 4.78 is 4.58. The first-order valence-electron chi connectivity index (χ1n) is 8.12. The Bertz CT molecular complexity index is 414. The van der Waals surface area contributed by atoms with Crippen molar-refractivity contribution >= 4 is 36.5 Å². The first kappa shape index (κ1) is 32.5. The molecule has 0 bridgehead atoms. The number of nitrogens with zero attached hydrogens (tertiary/aromatic N) is 1. The topological polar surface area (TPSA) is 133 Å². The molecule has 0 unspecified atom stereocenters. The molecule has 1 heterocycles. The molecule has 8 nitrogen and oxygen atoms in total. The number of carbonyl (C=O) groups excluding carboxylic acids is 4. The zero-order valence-electron chi connectivity index (χ0n) is 17.3. The lowest BCUT2D eigenvalue weighted by molar-refractivity contribution is -0.135. The molecule has 0 aromatic rings. The average Bonchev–Trinajstić information content (AvgIpc) is 3.07. The van der Waals surface area contributed by atoms with Gasteiger partial charge >= 0.3 is 6.09 Å². The average molecular weight is 406 g/mol. The van der Waals surface area contributed by atoms with E-state index in [1.54, 1.807) is 20.8 Å². The van der Waals surface area contributed by atoms with Crippen LogP contribution in [0.4, 0.5) is 4.79 Å². The van der Waals surface area contributed by atoms with Crippen molar-refractivity contribution < 1.29 is 23.9 Å². The van der Waals surface area contributed by atoms with Crippen LogP contribution in [0, 0.1) is 12.8 Å². The van der Waals surface area contributed by atoms with Gasteiger partial charge in [0.2, 0.25) is 11.8 Å². The van der Waals surface area contributed by atoms with Crippen LogP contribution in [-0.2, 0) is 19.1 Å². The predicted molar refractivity (Wildman–Crippen MR) is 111 cm³/mol. The van der Waals surface area contributed by atoms with Gasteiger partial charge in [-0.05, 0) is 45.6 Å². The fourth-order valence-corrected chi connectivity index (χ4v) is 1.74. The molecule has 0 aromatic heterocycles. The molecule has 0 saturated carbocycles. The van der Waals surface area contributed by atoms with Crippen LogP contribution in [0.1, 0.15) is 47.5 Å². The van der Waals surface area contributed by atoms with Crippen molar-refractivity contribution in [2.24, 2.45) is 11.5 Å². The number of carbonyl (C=O) groups is 4. The minimum absolute atomic E-state index is 0.0636. The Kier molecular flexibility index (Phi) is 24.2. The maximum Gasteiger partial charge on any atom is 0.405 e. The molecule has 9 heteroatoms. The minimum Gasteiger partial charge on any atom is -0.444 e. The maximum absolute atomic E-state index is 10.9. The Morgan fingerprint density at radius 1 is 1.22 bits per heavy atom. The highest BCUT2D eigenvalue weighted by Gasteiger charge is 2.30. The molecule has 4 N–H and O–H groups in total. The second-order valence-corrected chi connectivity index (χ2v) is 7.04. The number of likely N-dealkylation sites (tertiary alicyclic amines) is 1. The standard InChI is InChI=1S/C7H12N2O2.C5H11NO2.C3H8S.C2H2.CH2O/c1-5(10)9-4-2-3-6(9)7(8)11;1-5(2,3)8-4(6)7;1-3-4-2;2*1-2/h6H,2-4H2,1H3,(H2,8,11);1-3H3,(H2,6,7);3H2,1-2H3;1-2H;1H2/t6-;;;;/m0..../s1. The van der Waals surface area contributed by atoms with E-state index in [1.165, 1.54) is 17.6 Å². The van der Waals surface area contributed by atoms with E-state index in [2.05, 4.69) is 30.8 Å². The molecule has 1 rings (SSSR count). The molecule has 0 aromatic carbocycles. The van der Waals surface area contributed by atoms with Crippen LogP contribution in [0.3, 0.4) is 0 Å². The molecule has 1 atom stereocenters. The van der Waals surface area contributed by atoms with Gasteiger partial charge in [-0.1, -0.05) is 6.92 Å². The van der Waals surface area contributed by atoms with Crippen LogP contribution in [0.5, 0.6) is 0 Å². The molecule has 1 saturated heterocycles. The second kappa shape index (κ2) is 20.1. The van der Waals surface area contributed by atoms with Crippen molar-refractivity contribution in [1.82, 2.24) is 4.90 Å². The Morgan fingerprint density at radius 2 is 1.63 bits per heavy atom. The lowest BCUT2D eigenvalue weighted by Gasteiger charge is -2.19. The minimum atomic E-state index is -0.725. The highest BCUT2D eigenvalue weighted by molar-refractivity contribution is 7.98. The fraction of sp³-hybridized carbons (Fsp3) is 0.667. The highest BCUT2D eigenvalue weighted by Crippen LogP contribution is 2.16. The largest absolute Gasteiger partial charge is 0.444 e. The van der Waals surface area contributed by atoms with Crippen LogP contribution < -0.4 is 11.5 Å². The van der Waals surface area contributed by atoms with Gasteiger partial charge < -0.3 is 25.9 Å². The molecule has 3 amide bonds. The quantitative estimate of drug-likeness (QED) is 0.673. The second-order valence-electron chi connectivity index (χ2n) is 5.88. The van der Waals surface area contributed by atoms with E-state index in [-0.39, 0.29) is 11.9 Å². The third-order valence-corrected chi connectivity index (χ3v) is 3.26. The summed E-state index contributed by atoms with van der Waals surface area (Å²) in [6.45, 7) is 11.6. The SMILES string of the molecule is C#C.C=O.CC(=O)N1CCC[C@H]1C(N)=O.CC(C)(C)OC(N)=O.CCSC. The van der Waals surface area contributed by atoms with E-state index in [0.717, 1.165) is 12.8 Å². The van der Waals surface area contributed by atoms with Crippen molar-refractivity contribution in [1.29, 1.82) is 0 Å². The van der Waals surface area contributed by atoms with Crippen LogP contribution in [0.15, 0.2) is 0 Å². The number of nitrogens with two attached hydrogens (primary N) is 2. The highest BCUT2D eigenvalue weighted by atomic mass is 32.2. The molecule has 158 valence electrons. The monoisotopic (exact) mass is 405 g/mol. The van der Waals surface area contributed by atoms with E-state index >= 15 is 0 Å². The number of ether oxygens (including phenoxy) is 1. The molecule has 1 aliphatic heterocycles. The van der Waals surface area contributed by atoms with E-state index in [1.807, 2.05) is 18.6 Å². The zero-order valence-corrected chi connectivity index (χ0v) is 18.1. The van der Waals surface area contributed by atoms with Gasteiger partial charge in [-0.2, -0.15) is 11.8 Å². The first-order valence-corrected chi connectivity index (χ1v) is 9.51. The van der Waals surface area contributed by atoms with E-state index < -0.39 is 17.6 Å². The summed E-state index contributed by atoms with van der Waals surface area (Å²) in [5, 5.41) is 0. The van der Waals surface area contributed by atoms with Crippen LogP contribution >= 0.6 is 11.8 Å². The molecule has 1 aliphatic rings. The summed E-state index contributed by atoms with van der Waals surface area (Å²) in [6.07, 6.45) is 11.0. The van der Waals surface area contributed by atoms with E-state index in [0.29, 0.717) is 6.54 Å². The van der Waals surface area contributed by atoms with Gasteiger partial charge in [-0.3, -0.25) is 9.59 Å². The Balaban J connectivity index is -0.000000146. The summed E-state index contributed by atoms with van der Waals surface area (Å²) in [7, 11) is 0. The van der Waals surface area contributed by atoms with E-state index in [4.69, 9.17) is 16.3 Å². The van der Waals surface area contributed by atoms with Crippen LogP contribution in [0.25, 0.3) is 0 Å². The van der Waals surface area contributed by atoms with Crippen molar-refractivity contribution in [3.8, 4) is 12.8 Å². The first-order chi connectivity index (χ1) is 12.5. The third kappa shape index (κ3) is 23.8. The van der Waals surface area contributed by atoms with Crippen LogP contribution in [0.2, 0.25) is 0 Å². The van der Waals surface area contributed by atoms with Crippen molar-refractivity contribution in [2.45, 2.75) is 59.1 Å². The molecule has 0 spiro atoms. The van der Waals surface area contributed by atoms with Gasteiger partial charge in [0.15, 0.2) is 0 Å². The number of hydrogen-bond acceptors (Lipinski definition) is 6. The number of terminal acetylenes is 1. The lowest BCUT2D eigenvalue weighted by Crippen LogP contribution is -2.42. The predicted octanol–water partition coefficient (Wildman–Crippen LogP) is 1.80. The molecule has 27 heavy (non-hydrogen) atoms. The van der Waals surface area contributed by atoms with Gasteiger partial charge in [-0.15, -0.1) is 12.8 Å². The summed E-state index contributed by atoms with van der Waals surface area (Å²) in [5.41, 5.74) is 9.36. The molecule has 0 radical (unpaired) electrons. The molecule has 0 aliphatic carbocycles. The number of amides is 3. The maximum atomic E-state index is 10.9. The number of hydrogen-bond donors (Lipinski definition) is 2. The summed E-state index contributed by atoms with van der Waals surface area (Å²) in [6, 6.07) is -0.354.